The number of likely N-dealkylation sites (tertiary alicyclic amines) is 1. The largest absolute Gasteiger partial charge is 0.417 e. The van der Waals surface area contributed by atoms with Gasteiger partial charge in [-0.3, -0.25) is 4.79 Å². The fourth-order valence-corrected chi connectivity index (χ4v) is 2.27. The average molecular weight is 291 g/mol. The molecule has 1 amide bonds. The summed E-state index contributed by atoms with van der Waals surface area (Å²) in [5.74, 6) is -1.94. The van der Waals surface area contributed by atoms with Gasteiger partial charge in [0, 0.05) is 25.6 Å². The van der Waals surface area contributed by atoms with Gasteiger partial charge in [0.15, 0.2) is 0 Å². The third-order valence-electron chi connectivity index (χ3n) is 3.35. The molecule has 7 heteroatoms. The van der Waals surface area contributed by atoms with E-state index < -0.39 is 29.0 Å². The van der Waals surface area contributed by atoms with Crippen LogP contribution in [0.3, 0.4) is 0 Å². The van der Waals surface area contributed by atoms with Crippen LogP contribution < -0.4 is 0 Å². The first-order valence-corrected chi connectivity index (χ1v) is 6.10. The lowest BCUT2D eigenvalue weighted by atomic mass is 10.1. The maximum Gasteiger partial charge on any atom is 0.417 e. The van der Waals surface area contributed by atoms with Crippen LogP contribution >= 0.6 is 0 Å². The third-order valence-corrected chi connectivity index (χ3v) is 3.35. The number of halogens is 4. The topological polar surface area (TPSA) is 40.5 Å². The second-order valence-electron chi connectivity index (χ2n) is 4.78. The Kier molecular flexibility index (Phi) is 3.99. The summed E-state index contributed by atoms with van der Waals surface area (Å²) in [7, 11) is 0. The van der Waals surface area contributed by atoms with Crippen LogP contribution in [-0.4, -0.2) is 35.6 Å². The molecular weight excluding hydrogens is 278 g/mol. The molecule has 1 aromatic carbocycles. The maximum atomic E-state index is 13.0. The van der Waals surface area contributed by atoms with Gasteiger partial charge in [-0.25, -0.2) is 4.39 Å². The number of carbonyl (C=O) groups excluding carboxylic acids is 1. The lowest BCUT2D eigenvalue weighted by Gasteiger charge is -2.19. The Morgan fingerprint density at radius 3 is 2.65 bits per heavy atom. The van der Waals surface area contributed by atoms with E-state index in [1.54, 1.807) is 0 Å². The molecule has 110 valence electrons. The molecule has 2 rings (SSSR count). The molecule has 0 spiro atoms. The Bertz CT molecular complexity index is 516. The van der Waals surface area contributed by atoms with Crippen molar-refractivity contribution in [3.63, 3.8) is 0 Å². The van der Waals surface area contributed by atoms with Crippen molar-refractivity contribution < 1.29 is 27.5 Å². The minimum Gasteiger partial charge on any atom is -0.396 e. The summed E-state index contributed by atoms with van der Waals surface area (Å²) in [5, 5.41) is 8.99. The normalized spacial score (nSPS) is 19.4. The fraction of sp³-hybridized carbons (Fsp3) is 0.462. The molecule has 0 bridgehead atoms. The smallest absolute Gasteiger partial charge is 0.396 e. The second kappa shape index (κ2) is 5.40. The first kappa shape index (κ1) is 14.8. The molecule has 3 nitrogen and oxygen atoms in total. The molecule has 1 saturated heterocycles. The van der Waals surface area contributed by atoms with Gasteiger partial charge in [0.05, 0.1) is 11.1 Å². The van der Waals surface area contributed by atoms with Crippen LogP contribution in [0.2, 0.25) is 0 Å². The maximum absolute atomic E-state index is 13.0. The number of nitrogens with zero attached hydrogens (tertiary/aromatic N) is 1. The lowest BCUT2D eigenvalue weighted by molar-refractivity contribution is -0.138. The van der Waals surface area contributed by atoms with Crippen molar-refractivity contribution in [3.05, 3.63) is 35.1 Å². The van der Waals surface area contributed by atoms with Crippen molar-refractivity contribution in [2.24, 2.45) is 5.92 Å². The summed E-state index contributed by atoms with van der Waals surface area (Å²) in [6.07, 6.45) is -4.24. The van der Waals surface area contributed by atoms with Gasteiger partial charge < -0.3 is 10.0 Å². The van der Waals surface area contributed by atoms with E-state index in [-0.39, 0.29) is 19.1 Å². The summed E-state index contributed by atoms with van der Waals surface area (Å²) in [6, 6.07) is 2.02. The minimum absolute atomic E-state index is 0.112. The molecule has 1 aliphatic rings. The summed E-state index contributed by atoms with van der Waals surface area (Å²) >= 11 is 0. The van der Waals surface area contributed by atoms with Crippen LogP contribution in [0.4, 0.5) is 17.6 Å². The number of hydrogen-bond donors (Lipinski definition) is 1. The van der Waals surface area contributed by atoms with Crippen LogP contribution in [-0.2, 0) is 6.18 Å². The van der Waals surface area contributed by atoms with Gasteiger partial charge in [-0.05, 0) is 24.6 Å². The zero-order valence-electron chi connectivity index (χ0n) is 10.5. The van der Waals surface area contributed by atoms with Crippen molar-refractivity contribution in [2.75, 3.05) is 19.7 Å². The summed E-state index contributed by atoms with van der Waals surface area (Å²) in [6.45, 7) is 0.391. The summed E-state index contributed by atoms with van der Waals surface area (Å²) < 4.78 is 51.5. The van der Waals surface area contributed by atoms with E-state index in [0.717, 1.165) is 12.1 Å². The van der Waals surface area contributed by atoms with E-state index in [4.69, 9.17) is 5.11 Å². The Labute approximate surface area is 112 Å². The molecule has 1 N–H and O–H groups in total. The number of aliphatic hydroxyl groups excluding tert-OH is 1. The zero-order valence-corrected chi connectivity index (χ0v) is 10.5. The van der Waals surface area contributed by atoms with E-state index in [0.29, 0.717) is 19.0 Å². The lowest BCUT2D eigenvalue weighted by Crippen LogP contribution is -2.31. The van der Waals surface area contributed by atoms with Crippen LogP contribution in [0.25, 0.3) is 0 Å². The van der Waals surface area contributed by atoms with Crippen LogP contribution in [0, 0.1) is 11.7 Å². The predicted molar refractivity (Wildman–Crippen MR) is 62.5 cm³/mol. The fourth-order valence-electron chi connectivity index (χ4n) is 2.27. The SMILES string of the molecule is O=C(c1ccc(F)cc1C(F)(F)F)N1CCC(CO)C1. The third kappa shape index (κ3) is 2.92. The van der Waals surface area contributed by atoms with Crippen molar-refractivity contribution in [1.82, 2.24) is 4.90 Å². The molecule has 0 aromatic heterocycles. The Hall–Kier alpha value is -1.63. The van der Waals surface area contributed by atoms with Gasteiger partial charge in [0.1, 0.15) is 5.82 Å². The number of alkyl halides is 3. The number of aliphatic hydroxyl groups is 1. The van der Waals surface area contributed by atoms with Crippen LogP contribution in [0.15, 0.2) is 18.2 Å². The number of benzene rings is 1. The van der Waals surface area contributed by atoms with E-state index in [1.807, 2.05) is 0 Å². The van der Waals surface area contributed by atoms with E-state index >= 15 is 0 Å². The molecule has 1 aliphatic heterocycles. The van der Waals surface area contributed by atoms with Crippen LogP contribution in [0.5, 0.6) is 0 Å². The van der Waals surface area contributed by atoms with Crippen molar-refractivity contribution in [1.29, 1.82) is 0 Å². The number of hydrogen-bond acceptors (Lipinski definition) is 2. The van der Waals surface area contributed by atoms with E-state index in [2.05, 4.69) is 0 Å². The number of carbonyl (C=O) groups is 1. The molecule has 1 fully saturated rings. The molecular formula is C13H13F4NO2. The first-order chi connectivity index (χ1) is 9.32. The number of amides is 1. The van der Waals surface area contributed by atoms with Gasteiger partial charge in [0.2, 0.25) is 0 Å². The zero-order chi connectivity index (χ0) is 14.9. The highest BCUT2D eigenvalue weighted by atomic mass is 19.4. The average Bonchev–Trinajstić information content (AvgIpc) is 2.85. The summed E-state index contributed by atoms with van der Waals surface area (Å²) in [5.41, 5.74) is -1.83. The Morgan fingerprint density at radius 1 is 1.40 bits per heavy atom. The van der Waals surface area contributed by atoms with Gasteiger partial charge in [-0.2, -0.15) is 13.2 Å². The predicted octanol–water partition coefficient (Wildman–Crippen LogP) is 2.30. The molecule has 1 unspecified atom stereocenters. The molecule has 1 atom stereocenters. The molecule has 20 heavy (non-hydrogen) atoms. The van der Waals surface area contributed by atoms with Crippen LogP contribution in [0.1, 0.15) is 22.3 Å². The molecule has 0 saturated carbocycles. The van der Waals surface area contributed by atoms with Crippen molar-refractivity contribution in [3.8, 4) is 0 Å². The highest BCUT2D eigenvalue weighted by Crippen LogP contribution is 2.33. The quantitative estimate of drug-likeness (QED) is 0.849. The van der Waals surface area contributed by atoms with Gasteiger partial charge in [-0.15, -0.1) is 0 Å². The standard InChI is InChI=1S/C13H13F4NO2/c14-9-1-2-10(11(5-9)13(15,16)17)12(20)18-4-3-8(6-18)7-19/h1-2,5,8,19H,3-4,6-7H2. The first-order valence-electron chi connectivity index (χ1n) is 6.10. The van der Waals surface area contributed by atoms with Crippen molar-refractivity contribution >= 4 is 5.91 Å². The molecule has 1 heterocycles. The van der Waals surface area contributed by atoms with E-state index in [1.165, 1.54) is 4.90 Å². The van der Waals surface area contributed by atoms with Gasteiger partial charge in [-0.1, -0.05) is 0 Å². The molecule has 0 aliphatic carbocycles. The van der Waals surface area contributed by atoms with Gasteiger partial charge in [0.25, 0.3) is 5.91 Å². The monoisotopic (exact) mass is 291 g/mol. The summed E-state index contributed by atoms with van der Waals surface area (Å²) in [4.78, 5) is 13.4. The van der Waals surface area contributed by atoms with E-state index in [9.17, 15) is 22.4 Å². The Morgan fingerprint density at radius 2 is 2.10 bits per heavy atom. The minimum atomic E-state index is -4.79. The molecule has 1 aromatic rings. The highest BCUT2D eigenvalue weighted by molar-refractivity contribution is 5.96. The molecule has 0 radical (unpaired) electrons. The van der Waals surface area contributed by atoms with Gasteiger partial charge >= 0.3 is 6.18 Å². The van der Waals surface area contributed by atoms with Crippen molar-refractivity contribution in [2.45, 2.75) is 12.6 Å². The number of rotatable bonds is 2. The second-order valence-corrected chi connectivity index (χ2v) is 4.78. The Balaban J connectivity index is 2.31. The highest BCUT2D eigenvalue weighted by Gasteiger charge is 2.37.